The summed E-state index contributed by atoms with van der Waals surface area (Å²) in [6.45, 7) is 49.9. The van der Waals surface area contributed by atoms with Crippen molar-refractivity contribution >= 4 is 0 Å². The molecule has 0 aromatic heterocycles. The molecular formula is C39H80O3. The zero-order valence-corrected chi connectivity index (χ0v) is 32.2. The first-order valence-electron chi connectivity index (χ1n) is 15.9. The van der Waals surface area contributed by atoms with Crippen LogP contribution in [-0.2, 0) is 14.2 Å². The van der Waals surface area contributed by atoms with Crippen LogP contribution >= 0.6 is 0 Å². The van der Waals surface area contributed by atoms with E-state index in [0.717, 1.165) is 6.61 Å². The summed E-state index contributed by atoms with van der Waals surface area (Å²) >= 11 is 0. The molecule has 42 heavy (non-hydrogen) atoms. The monoisotopic (exact) mass is 597 g/mol. The second-order valence-corrected chi connectivity index (χ2v) is 17.9. The van der Waals surface area contributed by atoms with E-state index in [-0.39, 0.29) is 45.9 Å². The molecule has 3 heteroatoms. The van der Waals surface area contributed by atoms with Gasteiger partial charge in [0.1, 0.15) is 6.61 Å². The van der Waals surface area contributed by atoms with Gasteiger partial charge in [0.25, 0.3) is 0 Å². The summed E-state index contributed by atoms with van der Waals surface area (Å²) in [6, 6.07) is 0. The fourth-order valence-electron chi connectivity index (χ4n) is 2.09. The molecule has 0 saturated heterocycles. The highest BCUT2D eigenvalue weighted by Crippen LogP contribution is 2.35. The first-order chi connectivity index (χ1) is 17.8. The third-order valence-corrected chi connectivity index (χ3v) is 8.24. The van der Waals surface area contributed by atoms with Crippen LogP contribution in [0.2, 0.25) is 0 Å². The SMILES string of the molecule is C.CC(C)(C)COC(C)(C)C(C)(C)C.CC(C)C#CCOC(C)(C)C(C)(C)C.CC(C)C=CCOC(C)(C)C(C)(C)C. The van der Waals surface area contributed by atoms with Gasteiger partial charge in [0.05, 0.1) is 30.0 Å². The summed E-state index contributed by atoms with van der Waals surface area (Å²) in [7, 11) is 0. The van der Waals surface area contributed by atoms with Crippen LogP contribution in [0.25, 0.3) is 0 Å². The fourth-order valence-corrected chi connectivity index (χ4v) is 2.09. The van der Waals surface area contributed by atoms with Crippen molar-refractivity contribution < 1.29 is 14.2 Å². The van der Waals surface area contributed by atoms with Gasteiger partial charge in [-0.05, 0) is 69.1 Å². The van der Waals surface area contributed by atoms with Crippen molar-refractivity contribution in [1.29, 1.82) is 0 Å². The minimum Gasteiger partial charge on any atom is -0.374 e. The van der Waals surface area contributed by atoms with Gasteiger partial charge in [-0.2, -0.15) is 0 Å². The molecule has 0 radical (unpaired) electrons. The van der Waals surface area contributed by atoms with Gasteiger partial charge in [-0.25, -0.2) is 0 Å². The van der Waals surface area contributed by atoms with Crippen molar-refractivity contribution in [3.8, 4) is 11.8 Å². The highest BCUT2D eigenvalue weighted by Gasteiger charge is 2.35. The number of allylic oxidation sites excluding steroid dienone is 1. The number of ether oxygens (including phenoxy) is 3. The standard InChI is InChI=1S/C13H26O.C13H24O.C12H26O.CH4/c2*1-11(2)9-8-10-14-13(6,7)12(3,4)5;1-10(2,3)9-13-12(7,8)11(4,5)6;/h8-9,11H,10H2,1-7H3;11H,10H2,1-7H3;9H2,1-8H3;1H4. The normalized spacial score (nSPS) is 13.5. The molecule has 0 rings (SSSR count). The number of hydrogen-bond donors (Lipinski definition) is 0. The van der Waals surface area contributed by atoms with Gasteiger partial charge >= 0.3 is 0 Å². The smallest absolute Gasteiger partial charge is 0.108 e. The van der Waals surface area contributed by atoms with Crippen molar-refractivity contribution in [3.63, 3.8) is 0 Å². The van der Waals surface area contributed by atoms with E-state index in [9.17, 15) is 0 Å². The van der Waals surface area contributed by atoms with Crippen LogP contribution in [0.4, 0.5) is 0 Å². The minimum atomic E-state index is -0.126. The van der Waals surface area contributed by atoms with Crippen molar-refractivity contribution in [2.45, 2.75) is 177 Å². The highest BCUT2D eigenvalue weighted by atomic mass is 16.5. The van der Waals surface area contributed by atoms with Gasteiger partial charge in [0.15, 0.2) is 0 Å². The van der Waals surface area contributed by atoms with E-state index < -0.39 is 0 Å². The Morgan fingerprint density at radius 1 is 0.548 bits per heavy atom. The Morgan fingerprint density at radius 2 is 0.905 bits per heavy atom. The lowest BCUT2D eigenvalue weighted by Gasteiger charge is -2.40. The number of hydrogen-bond acceptors (Lipinski definition) is 3. The third kappa shape index (κ3) is 23.6. The zero-order valence-electron chi connectivity index (χ0n) is 32.2. The van der Waals surface area contributed by atoms with E-state index >= 15 is 0 Å². The summed E-state index contributed by atoms with van der Waals surface area (Å²) in [5.41, 5.74) is 0.513. The van der Waals surface area contributed by atoms with E-state index in [1.165, 1.54) is 0 Å². The van der Waals surface area contributed by atoms with Crippen LogP contribution in [-0.4, -0.2) is 36.6 Å². The number of rotatable bonds is 8. The van der Waals surface area contributed by atoms with E-state index in [1.54, 1.807) is 0 Å². The average molecular weight is 597 g/mol. The van der Waals surface area contributed by atoms with Crippen LogP contribution in [0.5, 0.6) is 0 Å². The van der Waals surface area contributed by atoms with Gasteiger partial charge < -0.3 is 14.2 Å². The summed E-state index contributed by atoms with van der Waals surface area (Å²) in [5.74, 6) is 7.17. The molecule has 0 bridgehead atoms. The zero-order chi connectivity index (χ0) is 33.7. The van der Waals surface area contributed by atoms with Crippen LogP contribution < -0.4 is 0 Å². The predicted octanol–water partition coefficient (Wildman–Crippen LogP) is 12.0. The van der Waals surface area contributed by atoms with Crippen molar-refractivity contribution in [2.24, 2.45) is 33.5 Å². The molecule has 0 fully saturated rings. The Labute approximate surface area is 267 Å². The molecule has 0 unspecified atom stereocenters. The Hall–Kier alpha value is -0.820. The first kappa shape index (κ1) is 48.1. The Bertz CT molecular complexity index is 771. The lowest BCUT2D eigenvalue weighted by molar-refractivity contribution is -0.112. The first-order valence-corrected chi connectivity index (χ1v) is 15.9. The van der Waals surface area contributed by atoms with Crippen LogP contribution in [0, 0.1) is 45.3 Å². The maximum Gasteiger partial charge on any atom is 0.108 e. The molecule has 0 aliphatic rings. The third-order valence-electron chi connectivity index (χ3n) is 8.24. The minimum absolute atomic E-state index is 0. The van der Waals surface area contributed by atoms with Crippen LogP contribution in [0.3, 0.4) is 0 Å². The van der Waals surface area contributed by atoms with Crippen LogP contribution in [0.15, 0.2) is 12.2 Å². The lowest BCUT2D eigenvalue weighted by atomic mass is 9.79. The van der Waals surface area contributed by atoms with Crippen LogP contribution in [0.1, 0.15) is 160 Å². The molecule has 0 heterocycles. The Morgan fingerprint density at radius 3 is 1.21 bits per heavy atom. The van der Waals surface area contributed by atoms with Gasteiger partial charge in [-0.1, -0.05) is 142 Å². The van der Waals surface area contributed by atoms with Gasteiger partial charge in [0.2, 0.25) is 0 Å². The largest absolute Gasteiger partial charge is 0.374 e. The molecule has 3 nitrogen and oxygen atoms in total. The molecule has 0 spiro atoms. The Balaban J connectivity index is -0.000000255. The summed E-state index contributed by atoms with van der Waals surface area (Å²) in [6.07, 6.45) is 4.29. The average Bonchev–Trinajstić information content (AvgIpc) is 2.71. The van der Waals surface area contributed by atoms with E-state index in [0.29, 0.717) is 25.0 Å². The predicted molar refractivity (Wildman–Crippen MR) is 191 cm³/mol. The van der Waals surface area contributed by atoms with Gasteiger partial charge in [0, 0.05) is 5.92 Å². The quantitative estimate of drug-likeness (QED) is 0.206. The molecule has 0 saturated carbocycles. The lowest BCUT2D eigenvalue weighted by Crippen LogP contribution is -2.41. The van der Waals surface area contributed by atoms with Gasteiger partial charge in [-0.15, -0.1) is 0 Å². The maximum atomic E-state index is 5.96. The second kappa shape index (κ2) is 18.9. The highest BCUT2D eigenvalue weighted by molar-refractivity contribution is 5.02. The summed E-state index contributed by atoms with van der Waals surface area (Å²) < 4.78 is 17.6. The van der Waals surface area contributed by atoms with Crippen molar-refractivity contribution in [3.05, 3.63) is 12.2 Å². The summed E-state index contributed by atoms with van der Waals surface area (Å²) in [5, 5.41) is 0. The molecule has 0 aliphatic heterocycles. The van der Waals surface area contributed by atoms with E-state index in [2.05, 4.69) is 176 Å². The molecule has 0 aliphatic carbocycles. The molecular weight excluding hydrogens is 516 g/mol. The molecule has 0 amide bonds. The van der Waals surface area contributed by atoms with E-state index in [1.807, 2.05) is 0 Å². The molecule has 0 atom stereocenters. The van der Waals surface area contributed by atoms with E-state index in [4.69, 9.17) is 14.2 Å². The van der Waals surface area contributed by atoms with Gasteiger partial charge in [-0.3, -0.25) is 0 Å². The topological polar surface area (TPSA) is 27.7 Å². The maximum absolute atomic E-state index is 5.96. The summed E-state index contributed by atoms with van der Waals surface area (Å²) in [4.78, 5) is 0. The Kier molecular flexibility index (Phi) is 21.6. The van der Waals surface area contributed by atoms with Crippen molar-refractivity contribution in [2.75, 3.05) is 19.8 Å². The fraction of sp³-hybridized carbons (Fsp3) is 0.897. The molecule has 254 valence electrons. The molecule has 0 N–H and O–H groups in total. The second-order valence-electron chi connectivity index (χ2n) is 17.9. The van der Waals surface area contributed by atoms with Crippen molar-refractivity contribution in [1.82, 2.24) is 0 Å². The molecule has 0 aromatic carbocycles. The molecule has 0 aromatic rings.